The minimum absolute atomic E-state index is 0.229. The zero-order valence-corrected chi connectivity index (χ0v) is 18.6. The summed E-state index contributed by atoms with van der Waals surface area (Å²) in [5.41, 5.74) is 3.77. The lowest BCUT2D eigenvalue weighted by Crippen LogP contribution is -2.19. The SMILES string of the molecule is CNC(=O)c1cc(-n2ccc3cc(NC(=S)Nc4ccc(Cl)c(Cl)c4)ccc32)ccn1. The van der Waals surface area contributed by atoms with Gasteiger partial charge in [0.25, 0.3) is 5.91 Å². The molecule has 6 nitrogen and oxygen atoms in total. The summed E-state index contributed by atoms with van der Waals surface area (Å²) in [6.45, 7) is 0. The van der Waals surface area contributed by atoms with E-state index in [0.717, 1.165) is 28.0 Å². The van der Waals surface area contributed by atoms with Gasteiger partial charge < -0.3 is 20.5 Å². The zero-order chi connectivity index (χ0) is 22.0. The fraction of sp³-hybridized carbons (Fsp3) is 0.0455. The molecule has 4 rings (SSSR count). The average molecular weight is 470 g/mol. The smallest absolute Gasteiger partial charge is 0.269 e. The summed E-state index contributed by atoms with van der Waals surface area (Å²) >= 11 is 17.4. The molecule has 0 atom stereocenters. The summed E-state index contributed by atoms with van der Waals surface area (Å²) in [6.07, 6.45) is 3.57. The van der Waals surface area contributed by atoms with Gasteiger partial charge in [0.2, 0.25) is 0 Å². The molecule has 31 heavy (non-hydrogen) atoms. The van der Waals surface area contributed by atoms with Crippen LogP contribution < -0.4 is 16.0 Å². The maximum Gasteiger partial charge on any atom is 0.269 e. The van der Waals surface area contributed by atoms with Gasteiger partial charge in [0.05, 0.1) is 15.6 Å². The topological polar surface area (TPSA) is 71.0 Å². The van der Waals surface area contributed by atoms with Gasteiger partial charge in [-0.1, -0.05) is 23.2 Å². The molecule has 3 N–H and O–H groups in total. The quantitative estimate of drug-likeness (QED) is 0.344. The Balaban J connectivity index is 1.54. The van der Waals surface area contributed by atoms with Crippen LogP contribution in [0.5, 0.6) is 0 Å². The van der Waals surface area contributed by atoms with Gasteiger partial charge in [-0.3, -0.25) is 9.78 Å². The van der Waals surface area contributed by atoms with Crippen LogP contribution in [0.1, 0.15) is 10.5 Å². The molecule has 0 fully saturated rings. The summed E-state index contributed by atoms with van der Waals surface area (Å²) in [4.78, 5) is 16.0. The Hall–Kier alpha value is -3.13. The maximum absolute atomic E-state index is 11.9. The molecule has 0 radical (unpaired) electrons. The van der Waals surface area contributed by atoms with E-state index in [1.807, 2.05) is 41.1 Å². The Labute approximate surface area is 194 Å². The van der Waals surface area contributed by atoms with Gasteiger partial charge >= 0.3 is 0 Å². The van der Waals surface area contributed by atoms with Crippen molar-refractivity contribution in [1.82, 2.24) is 14.9 Å². The summed E-state index contributed by atoms with van der Waals surface area (Å²) < 4.78 is 2.00. The van der Waals surface area contributed by atoms with E-state index < -0.39 is 0 Å². The van der Waals surface area contributed by atoms with E-state index in [2.05, 4.69) is 20.9 Å². The van der Waals surface area contributed by atoms with Crippen LogP contribution in [0, 0.1) is 0 Å². The number of nitrogens with one attached hydrogen (secondary N) is 3. The van der Waals surface area contributed by atoms with Crippen LogP contribution in [-0.2, 0) is 0 Å². The highest BCUT2D eigenvalue weighted by Gasteiger charge is 2.09. The second kappa shape index (κ2) is 8.93. The number of thiocarbonyl (C=S) groups is 1. The van der Waals surface area contributed by atoms with Crippen molar-refractivity contribution in [3.8, 4) is 5.69 Å². The number of hydrogen-bond donors (Lipinski definition) is 3. The molecular weight excluding hydrogens is 453 g/mol. The molecule has 9 heteroatoms. The molecule has 156 valence electrons. The van der Waals surface area contributed by atoms with Crippen LogP contribution >= 0.6 is 35.4 Å². The molecule has 0 bridgehead atoms. The van der Waals surface area contributed by atoms with Crippen molar-refractivity contribution < 1.29 is 4.79 Å². The Kier molecular flexibility index (Phi) is 6.08. The Morgan fingerprint density at radius 1 is 0.968 bits per heavy atom. The third kappa shape index (κ3) is 4.64. The number of anilines is 2. The highest BCUT2D eigenvalue weighted by molar-refractivity contribution is 7.80. The monoisotopic (exact) mass is 469 g/mol. The third-order valence-electron chi connectivity index (χ3n) is 4.61. The number of benzene rings is 2. The van der Waals surface area contributed by atoms with Gasteiger partial charge in [0.15, 0.2) is 5.11 Å². The standard InChI is InChI=1S/C22H17Cl2N5OS/c1-25-21(30)19-12-16(6-8-26-19)29-9-7-13-10-14(3-5-20(13)29)27-22(31)28-15-2-4-17(23)18(24)11-15/h2-12H,1H3,(H,25,30)(H2,27,28,31). The van der Waals surface area contributed by atoms with Gasteiger partial charge in [-0.25, -0.2) is 0 Å². The third-order valence-corrected chi connectivity index (χ3v) is 5.55. The summed E-state index contributed by atoms with van der Waals surface area (Å²) in [6, 6.07) is 16.7. The molecule has 0 aliphatic heterocycles. The predicted octanol–water partition coefficient (Wildman–Crippen LogP) is 5.50. The van der Waals surface area contributed by atoms with Crippen molar-refractivity contribution in [3.05, 3.63) is 82.7 Å². The Bertz CT molecular complexity index is 1300. The van der Waals surface area contributed by atoms with Crippen molar-refractivity contribution in [3.63, 3.8) is 0 Å². The lowest BCUT2D eigenvalue weighted by molar-refractivity contribution is 0.0958. The summed E-state index contributed by atoms with van der Waals surface area (Å²) in [5, 5.41) is 11.2. The van der Waals surface area contributed by atoms with Gasteiger partial charge in [0, 0.05) is 41.9 Å². The van der Waals surface area contributed by atoms with Crippen LogP contribution in [0.25, 0.3) is 16.6 Å². The number of rotatable bonds is 4. The van der Waals surface area contributed by atoms with Crippen LogP contribution in [-0.4, -0.2) is 27.6 Å². The molecule has 2 aromatic carbocycles. The number of halogens is 2. The summed E-state index contributed by atoms with van der Waals surface area (Å²) in [5.74, 6) is -0.229. The molecule has 0 aliphatic carbocycles. The number of amides is 1. The normalized spacial score (nSPS) is 10.7. The number of hydrogen-bond acceptors (Lipinski definition) is 3. The van der Waals surface area contributed by atoms with Crippen molar-refractivity contribution >= 4 is 68.7 Å². The molecule has 0 unspecified atom stereocenters. The first-order valence-corrected chi connectivity index (χ1v) is 10.4. The molecule has 0 spiro atoms. The fourth-order valence-corrected chi connectivity index (χ4v) is 3.67. The van der Waals surface area contributed by atoms with E-state index in [1.54, 1.807) is 37.5 Å². The van der Waals surface area contributed by atoms with E-state index in [-0.39, 0.29) is 5.91 Å². The first-order valence-electron chi connectivity index (χ1n) is 9.27. The van der Waals surface area contributed by atoms with Crippen LogP contribution in [0.4, 0.5) is 11.4 Å². The van der Waals surface area contributed by atoms with Gasteiger partial charge in [-0.15, -0.1) is 0 Å². The lowest BCUT2D eigenvalue weighted by Gasteiger charge is -2.12. The van der Waals surface area contributed by atoms with Crippen molar-refractivity contribution in [1.29, 1.82) is 0 Å². The second-order valence-electron chi connectivity index (χ2n) is 6.65. The van der Waals surface area contributed by atoms with Crippen LogP contribution in [0.3, 0.4) is 0 Å². The fourth-order valence-electron chi connectivity index (χ4n) is 3.13. The predicted molar refractivity (Wildman–Crippen MR) is 131 cm³/mol. The number of fused-ring (bicyclic) bond motifs is 1. The van der Waals surface area contributed by atoms with E-state index in [0.29, 0.717) is 20.9 Å². The van der Waals surface area contributed by atoms with Crippen molar-refractivity contribution in [2.24, 2.45) is 0 Å². The number of carbonyl (C=O) groups excluding carboxylic acids is 1. The van der Waals surface area contributed by atoms with Gasteiger partial charge in [-0.2, -0.15) is 0 Å². The number of carbonyl (C=O) groups is 1. The van der Waals surface area contributed by atoms with Gasteiger partial charge in [0.1, 0.15) is 5.69 Å². The molecule has 0 aliphatic rings. The van der Waals surface area contributed by atoms with Gasteiger partial charge in [-0.05, 0) is 66.8 Å². The molecular formula is C22H17Cl2N5OS. The number of nitrogens with zero attached hydrogens (tertiary/aromatic N) is 2. The average Bonchev–Trinajstić information content (AvgIpc) is 3.19. The Morgan fingerprint density at radius 2 is 1.71 bits per heavy atom. The molecule has 2 heterocycles. The zero-order valence-electron chi connectivity index (χ0n) is 16.3. The number of aromatic nitrogens is 2. The molecule has 0 saturated heterocycles. The van der Waals surface area contributed by atoms with Crippen molar-refractivity contribution in [2.45, 2.75) is 0 Å². The first kappa shape index (κ1) is 21.1. The van der Waals surface area contributed by atoms with E-state index >= 15 is 0 Å². The maximum atomic E-state index is 11.9. The highest BCUT2D eigenvalue weighted by atomic mass is 35.5. The largest absolute Gasteiger partial charge is 0.354 e. The Morgan fingerprint density at radius 3 is 2.45 bits per heavy atom. The van der Waals surface area contributed by atoms with Crippen LogP contribution in [0.15, 0.2) is 67.0 Å². The first-order chi connectivity index (χ1) is 14.9. The molecule has 0 saturated carbocycles. The minimum atomic E-state index is -0.229. The number of pyridine rings is 1. The minimum Gasteiger partial charge on any atom is -0.354 e. The lowest BCUT2D eigenvalue weighted by atomic mass is 10.2. The van der Waals surface area contributed by atoms with E-state index in [1.165, 1.54) is 0 Å². The van der Waals surface area contributed by atoms with Crippen LogP contribution in [0.2, 0.25) is 10.0 Å². The highest BCUT2D eigenvalue weighted by Crippen LogP contribution is 2.26. The van der Waals surface area contributed by atoms with E-state index in [9.17, 15) is 4.79 Å². The molecule has 1 amide bonds. The second-order valence-corrected chi connectivity index (χ2v) is 7.87. The van der Waals surface area contributed by atoms with Crippen molar-refractivity contribution in [2.75, 3.05) is 17.7 Å². The molecule has 4 aromatic rings. The summed E-state index contributed by atoms with van der Waals surface area (Å²) in [7, 11) is 1.58. The molecule has 2 aromatic heterocycles. The van der Waals surface area contributed by atoms with E-state index in [4.69, 9.17) is 35.4 Å².